The van der Waals surface area contributed by atoms with Gasteiger partial charge in [-0.3, -0.25) is 9.59 Å². The molecular weight excluding hydrogens is 416 g/mol. The summed E-state index contributed by atoms with van der Waals surface area (Å²) in [6, 6.07) is 14.4. The van der Waals surface area contributed by atoms with Crippen LogP contribution in [0, 0.1) is 0 Å². The number of fused-ring (bicyclic) bond motifs is 1. The number of furan rings is 1. The smallest absolute Gasteiger partial charge is 0.341 e. The van der Waals surface area contributed by atoms with Crippen LogP contribution in [0.5, 0.6) is 11.5 Å². The Morgan fingerprint density at radius 2 is 1.72 bits per heavy atom. The molecule has 0 spiro atoms. The Bertz CT molecular complexity index is 1140. The second-order valence-electron chi connectivity index (χ2n) is 6.87. The molecule has 164 valence electrons. The number of amides is 2. The number of para-hydroxylation sites is 1. The largest absolute Gasteiger partial charge is 0.486 e. The number of esters is 1. The first kappa shape index (κ1) is 21.0. The number of ether oxygens (including phenoxy) is 3. The molecule has 1 aromatic heterocycles. The lowest BCUT2D eigenvalue weighted by Gasteiger charge is -2.19. The molecule has 0 radical (unpaired) electrons. The summed E-state index contributed by atoms with van der Waals surface area (Å²) in [6.45, 7) is 2.35. The normalized spacial score (nSPS) is 13.0. The van der Waals surface area contributed by atoms with Crippen molar-refractivity contribution in [3.63, 3.8) is 0 Å². The second kappa shape index (κ2) is 9.25. The Balaban J connectivity index is 1.40. The molecule has 0 saturated carbocycles. The lowest BCUT2D eigenvalue weighted by molar-refractivity contribution is -0.123. The van der Waals surface area contributed by atoms with Gasteiger partial charge in [-0.1, -0.05) is 12.1 Å². The summed E-state index contributed by atoms with van der Waals surface area (Å²) >= 11 is 0. The fraction of sp³-hybridized carbons (Fsp3) is 0.174. The summed E-state index contributed by atoms with van der Waals surface area (Å²) in [7, 11) is 0. The first-order valence-electron chi connectivity index (χ1n) is 9.86. The highest BCUT2D eigenvalue weighted by Crippen LogP contribution is 2.32. The average Bonchev–Trinajstić information content (AvgIpc) is 3.34. The fourth-order valence-electron chi connectivity index (χ4n) is 3.00. The third-order valence-electron chi connectivity index (χ3n) is 4.60. The number of carbonyl (C=O) groups excluding carboxylic acids is 3. The Labute approximate surface area is 183 Å². The Morgan fingerprint density at radius 3 is 2.50 bits per heavy atom. The molecule has 2 amide bonds. The van der Waals surface area contributed by atoms with E-state index in [2.05, 4.69) is 10.6 Å². The molecular formula is C23H20N2O7. The zero-order chi connectivity index (χ0) is 22.5. The quantitative estimate of drug-likeness (QED) is 0.568. The molecule has 2 heterocycles. The lowest BCUT2D eigenvalue weighted by Crippen LogP contribution is -2.30. The highest BCUT2D eigenvalue weighted by atomic mass is 16.6. The van der Waals surface area contributed by atoms with Gasteiger partial charge in [-0.25, -0.2) is 4.79 Å². The van der Waals surface area contributed by atoms with Gasteiger partial charge in [0.1, 0.15) is 13.2 Å². The van der Waals surface area contributed by atoms with Gasteiger partial charge in [0.15, 0.2) is 23.4 Å². The molecule has 2 aromatic carbocycles. The molecule has 9 nitrogen and oxygen atoms in total. The predicted molar refractivity (Wildman–Crippen MR) is 114 cm³/mol. The molecule has 32 heavy (non-hydrogen) atoms. The molecule has 2 N–H and O–H groups in total. The lowest BCUT2D eigenvalue weighted by atomic mass is 10.1. The minimum Gasteiger partial charge on any atom is -0.486 e. The molecule has 4 rings (SSSR count). The van der Waals surface area contributed by atoms with Gasteiger partial charge in [-0.05, 0) is 43.3 Å². The molecule has 1 aliphatic rings. The Morgan fingerprint density at radius 1 is 0.938 bits per heavy atom. The van der Waals surface area contributed by atoms with Crippen LogP contribution in [0.4, 0.5) is 11.4 Å². The van der Waals surface area contributed by atoms with Gasteiger partial charge in [-0.2, -0.15) is 0 Å². The van der Waals surface area contributed by atoms with Crippen LogP contribution < -0.4 is 20.1 Å². The fourth-order valence-corrected chi connectivity index (χ4v) is 3.00. The summed E-state index contributed by atoms with van der Waals surface area (Å²) in [4.78, 5) is 37.4. The number of hydrogen-bond donors (Lipinski definition) is 2. The van der Waals surface area contributed by atoms with E-state index in [4.69, 9.17) is 18.6 Å². The van der Waals surface area contributed by atoms with Crippen molar-refractivity contribution in [3.8, 4) is 11.5 Å². The van der Waals surface area contributed by atoms with Crippen molar-refractivity contribution in [1.29, 1.82) is 0 Å². The van der Waals surface area contributed by atoms with Crippen LogP contribution in [-0.2, 0) is 9.53 Å². The summed E-state index contributed by atoms with van der Waals surface area (Å²) in [5.41, 5.74) is 0.818. The first-order chi connectivity index (χ1) is 15.5. The van der Waals surface area contributed by atoms with E-state index in [1.54, 1.807) is 42.5 Å². The molecule has 1 aliphatic heterocycles. The molecule has 0 unspecified atom stereocenters. The molecule has 3 aromatic rings. The average molecular weight is 436 g/mol. The van der Waals surface area contributed by atoms with Gasteiger partial charge in [0.05, 0.1) is 17.5 Å². The molecule has 0 bridgehead atoms. The maximum absolute atomic E-state index is 12.7. The minimum atomic E-state index is -1.09. The summed E-state index contributed by atoms with van der Waals surface area (Å²) < 4.78 is 21.3. The topological polar surface area (TPSA) is 116 Å². The molecule has 0 fully saturated rings. The predicted octanol–water partition coefficient (Wildman–Crippen LogP) is 3.49. The van der Waals surface area contributed by atoms with Crippen LogP contribution in [0.25, 0.3) is 0 Å². The van der Waals surface area contributed by atoms with Crippen LogP contribution in [-0.4, -0.2) is 37.1 Å². The van der Waals surface area contributed by atoms with Gasteiger partial charge in [0, 0.05) is 11.8 Å². The third-order valence-corrected chi connectivity index (χ3v) is 4.60. The van der Waals surface area contributed by atoms with Crippen LogP contribution in [0.3, 0.4) is 0 Å². The standard InChI is InChI=1S/C23H20N2O7/c1-14(21(26)24-15-8-9-18-20(13-15)31-12-11-30-18)32-23(28)16-5-2-3-6-17(16)25-22(27)19-7-4-10-29-19/h2-10,13-14H,11-12H2,1H3,(H,24,26)(H,25,27)/t14-/m1/s1. The second-order valence-corrected chi connectivity index (χ2v) is 6.87. The molecule has 0 saturated heterocycles. The van der Waals surface area contributed by atoms with Crippen LogP contribution in [0.15, 0.2) is 65.3 Å². The van der Waals surface area contributed by atoms with Crippen LogP contribution in [0.2, 0.25) is 0 Å². The molecule has 9 heteroatoms. The van der Waals surface area contributed by atoms with E-state index < -0.39 is 23.9 Å². The van der Waals surface area contributed by atoms with Gasteiger partial charge >= 0.3 is 5.97 Å². The number of benzene rings is 2. The monoisotopic (exact) mass is 436 g/mol. The van der Waals surface area contributed by atoms with E-state index >= 15 is 0 Å². The minimum absolute atomic E-state index is 0.0975. The molecule has 1 atom stereocenters. The van der Waals surface area contributed by atoms with Crippen molar-refractivity contribution in [2.24, 2.45) is 0 Å². The zero-order valence-corrected chi connectivity index (χ0v) is 17.1. The van der Waals surface area contributed by atoms with Crippen molar-refractivity contribution >= 4 is 29.2 Å². The maximum atomic E-state index is 12.7. The van der Waals surface area contributed by atoms with Crippen molar-refractivity contribution in [2.75, 3.05) is 23.8 Å². The third kappa shape index (κ3) is 4.72. The van der Waals surface area contributed by atoms with Gasteiger partial charge in [0.2, 0.25) is 0 Å². The first-order valence-corrected chi connectivity index (χ1v) is 9.86. The molecule has 0 aliphatic carbocycles. The van der Waals surface area contributed by atoms with E-state index in [-0.39, 0.29) is 17.0 Å². The Kier molecular flexibility index (Phi) is 6.07. The zero-order valence-electron chi connectivity index (χ0n) is 17.1. The van der Waals surface area contributed by atoms with Crippen molar-refractivity contribution in [3.05, 3.63) is 72.2 Å². The van der Waals surface area contributed by atoms with E-state index in [1.807, 2.05) is 0 Å². The van der Waals surface area contributed by atoms with E-state index in [1.165, 1.54) is 25.3 Å². The van der Waals surface area contributed by atoms with Gasteiger partial charge < -0.3 is 29.3 Å². The highest BCUT2D eigenvalue weighted by molar-refractivity contribution is 6.07. The Hall–Kier alpha value is -4.27. The number of nitrogens with one attached hydrogen (secondary N) is 2. The van der Waals surface area contributed by atoms with E-state index in [9.17, 15) is 14.4 Å². The summed E-state index contributed by atoms with van der Waals surface area (Å²) in [6.07, 6.45) is 0.279. The SMILES string of the molecule is C[C@@H](OC(=O)c1ccccc1NC(=O)c1ccco1)C(=O)Nc1ccc2c(c1)OCCO2. The van der Waals surface area contributed by atoms with Gasteiger partial charge in [0.25, 0.3) is 11.8 Å². The van der Waals surface area contributed by atoms with Gasteiger partial charge in [-0.15, -0.1) is 0 Å². The van der Waals surface area contributed by atoms with Crippen molar-refractivity contribution in [2.45, 2.75) is 13.0 Å². The number of carbonyl (C=O) groups is 3. The van der Waals surface area contributed by atoms with Crippen molar-refractivity contribution < 1.29 is 33.0 Å². The maximum Gasteiger partial charge on any atom is 0.341 e. The highest BCUT2D eigenvalue weighted by Gasteiger charge is 2.23. The number of hydrogen-bond acceptors (Lipinski definition) is 7. The van der Waals surface area contributed by atoms with Crippen LogP contribution in [0.1, 0.15) is 27.8 Å². The van der Waals surface area contributed by atoms with E-state index in [0.717, 1.165) is 0 Å². The summed E-state index contributed by atoms with van der Waals surface area (Å²) in [5, 5.41) is 5.29. The number of anilines is 2. The van der Waals surface area contributed by atoms with Crippen LogP contribution >= 0.6 is 0 Å². The summed E-state index contributed by atoms with van der Waals surface area (Å²) in [5.74, 6) is -0.570. The number of rotatable bonds is 6. The van der Waals surface area contributed by atoms with Crippen molar-refractivity contribution in [1.82, 2.24) is 0 Å². The van der Waals surface area contributed by atoms with E-state index in [0.29, 0.717) is 30.4 Å².